The van der Waals surface area contributed by atoms with Crippen molar-refractivity contribution in [2.24, 2.45) is 0 Å². The Morgan fingerprint density at radius 3 is 2.25 bits per heavy atom. The molecule has 0 aliphatic carbocycles. The normalized spacial score (nSPS) is 13.5. The van der Waals surface area contributed by atoms with E-state index < -0.39 is 0 Å². The third kappa shape index (κ3) is 6.62. The summed E-state index contributed by atoms with van der Waals surface area (Å²) in [6.07, 6.45) is 3.59. The second kappa shape index (κ2) is 11.2. The highest BCUT2D eigenvalue weighted by molar-refractivity contribution is 5.89. The fraction of sp³-hybridized carbons (Fsp3) is 0.650. The summed E-state index contributed by atoms with van der Waals surface area (Å²) < 4.78 is 11.7. The summed E-state index contributed by atoms with van der Waals surface area (Å²) in [6.45, 7) is 12.0. The van der Waals surface area contributed by atoms with Crippen LogP contribution in [-0.4, -0.2) is 50.3 Å². The Hall–Kier alpha value is -1.39. The van der Waals surface area contributed by atoms with Gasteiger partial charge in [-0.3, -0.25) is 0 Å². The van der Waals surface area contributed by atoms with Gasteiger partial charge in [-0.05, 0) is 37.5 Å². The number of carbonyl (C=O) groups is 1. The third-order valence-corrected chi connectivity index (χ3v) is 4.65. The topological polar surface area (TPSA) is 35.5 Å². The maximum absolute atomic E-state index is 12.2. The molecule has 24 heavy (non-hydrogen) atoms. The maximum atomic E-state index is 12.2. The van der Waals surface area contributed by atoms with Gasteiger partial charge < -0.3 is 14.0 Å². The Kier molecular flexibility index (Phi) is 9.65. The Labute approximate surface area is 147 Å². The van der Waals surface area contributed by atoms with E-state index in [0.29, 0.717) is 18.8 Å². The van der Waals surface area contributed by atoms with Crippen LogP contribution in [0.5, 0.6) is 0 Å². The molecule has 1 aromatic carbocycles. The van der Waals surface area contributed by atoms with Crippen LogP contribution in [0, 0.1) is 0 Å². The zero-order valence-corrected chi connectivity index (χ0v) is 15.8. The van der Waals surface area contributed by atoms with Gasteiger partial charge in [0, 0.05) is 7.11 Å². The van der Waals surface area contributed by atoms with Gasteiger partial charge in [0.15, 0.2) is 0 Å². The van der Waals surface area contributed by atoms with Gasteiger partial charge in [-0.15, -0.1) is 0 Å². The van der Waals surface area contributed by atoms with Gasteiger partial charge in [-0.25, -0.2) is 4.79 Å². The Balaban J connectivity index is 2.54. The van der Waals surface area contributed by atoms with E-state index >= 15 is 0 Å². The summed E-state index contributed by atoms with van der Waals surface area (Å²) in [5.41, 5.74) is 1.66. The molecule has 0 aliphatic rings. The third-order valence-electron chi connectivity index (χ3n) is 4.65. The number of ether oxygens (including phenoxy) is 2. The van der Waals surface area contributed by atoms with Crippen molar-refractivity contribution < 1.29 is 18.8 Å². The molecule has 1 unspecified atom stereocenters. The summed E-state index contributed by atoms with van der Waals surface area (Å²) in [6, 6.07) is 7.43. The van der Waals surface area contributed by atoms with E-state index in [1.807, 2.05) is 24.3 Å². The molecule has 0 spiro atoms. The number of hydrogen-bond acceptors (Lipinski definition) is 3. The van der Waals surface area contributed by atoms with E-state index in [1.165, 1.54) is 19.4 Å². The van der Waals surface area contributed by atoms with Crippen molar-refractivity contribution >= 4 is 5.97 Å². The van der Waals surface area contributed by atoms with Crippen molar-refractivity contribution in [1.82, 2.24) is 0 Å². The van der Waals surface area contributed by atoms with E-state index in [4.69, 9.17) is 9.47 Å². The fourth-order valence-electron chi connectivity index (χ4n) is 3.10. The highest BCUT2D eigenvalue weighted by atomic mass is 16.5. The van der Waals surface area contributed by atoms with E-state index in [1.54, 1.807) is 7.11 Å². The minimum absolute atomic E-state index is 0.236. The van der Waals surface area contributed by atoms with E-state index in [0.717, 1.165) is 36.1 Å². The molecule has 0 heterocycles. The van der Waals surface area contributed by atoms with Crippen LogP contribution in [0.4, 0.5) is 0 Å². The molecule has 0 radical (unpaired) electrons. The summed E-state index contributed by atoms with van der Waals surface area (Å²) in [5.74, 6) is -0.236. The average molecular weight is 336 g/mol. The van der Waals surface area contributed by atoms with Gasteiger partial charge >= 0.3 is 5.97 Å². The van der Waals surface area contributed by atoms with Crippen LogP contribution in [0.1, 0.15) is 56.0 Å². The highest BCUT2D eigenvalue weighted by Crippen LogP contribution is 2.12. The van der Waals surface area contributed by atoms with Gasteiger partial charge in [0.05, 0.1) is 31.8 Å². The lowest BCUT2D eigenvalue weighted by Gasteiger charge is -2.37. The molecule has 4 nitrogen and oxygen atoms in total. The molecule has 0 aliphatic heterocycles. The highest BCUT2D eigenvalue weighted by Gasteiger charge is 2.24. The predicted molar refractivity (Wildman–Crippen MR) is 98.0 cm³/mol. The number of nitrogens with zero attached hydrogens (tertiary/aromatic N) is 1. The zero-order valence-electron chi connectivity index (χ0n) is 15.8. The smallest absolute Gasteiger partial charge is 0.338 e. The molecule has 1 aromatic rings. The second-order valence-electron chi connectivity index (χ2n) is 6.45. The van der Waals surface area contributed by atoms with Crippen molar-refractivity contribution in [2.45, 2.75) is 46.6 Å². The van der Waals surface area contributed by atoms with Crippen LogP contribution in [-0.2, 0) is 16.1 Å². The molecule has 4 heteroatoms. The van der Waals surface area contributed by atoms with Crippen molar-refractivity contribution in [3.63, 3.8) is 0 Å². The van der Waals surface area contributed by atoms with Crippen LogP contribution in [0.2, 0.25) is 0 Å². The predicted octanol–water partition coefficient (Wildman–Crippen LogP) is 4.04. The molecular formula is C20H34NO3+. The van der Waals surface area contributed by atoms with Crippen LogP contribution in [0.3, 0.4) is 0 Å². The molecule has 0 aromatic heterocycles. The standard InChI is InChI=1S/C20H34NO3/c1-5-8-14-21(7-3,13-6-2)15-16-24-20(22)19-11-9-18(10-12-19)17-23-4/h9-12H,5-8,13-17H2,1-4H3/q+1. The van der Waals surface area contributed by atoms with Crippen LogP contribution in [0.15, 0.2) is 24.3 Å². The number of unbranched alkanes of at least 4 members (excludes halogenated alkanes) is 1. The molecule has 1 atom stereocenters. The average Bonchev–Trinajstić information content (AvgIpc) is 2.60. The molecule has 0 fully saturated rings. The summed E-state index contributed by atoms with van der Waals surface area (Å²) in [4.78, 5) is 12.2. The van der Waals surface area contributed by atoms with Crippen LogP contribution >= 0.6 is 0 Å². The first-order valence-electron chi connectivity index (χ1n) is 9.20. The van der Waals surface area contributed by atoms with Gasteiger partial charge in [0.2, 0.25) is 0 Å². The Morgan fingerprint density at radius 1 is 1.00 bits per heavy atom. The molecule has 0 N–H and O–H groups in total. The molecule has 0 saturated heterocycles. The van der Waals surface area contributed by atoms with Crippen molar-refractivity contribution in [2.75, 3.05) is 39.9 Å². The first-order chi connectivity index (χ1) is 11.6. The Morgan fingerprint density at radius 2 is 1.71 bits per heavy atom. The molecule has 0 bridgehead atoms. The van der Waals surface area contributed by atoms with E-state index in [9.17, 15) is 4.79 Å². The lowest BCUT2D eigenvalue weighted by molar-refractivity contribution is -0.926. The lowest BCUT2D eigenvalue weighted by Crippen LogP contribution is -2.51. The first-order valence-corrected chi connectivity index (χ1v) is 9.20. The number of carbonyl (C=O) groups excluding carboxylic acids is 1. The summed E-state index contributed by atoms with van der Waals surface area (Å²) >= 11 is 0. The quantitative estimate of drug-likeness (QED) is 0.427. The number of rotatable bonds is 12. The first kappa shape index (κ1) is 20.7. The SMILES string of the molecule is CCCC[N+](CC)(CCC)CCOC(=O)c1ccc(COC)cc1. The number of quaternary nitrogens is 1. The number of methoxy groups -OCH3 is 1. The van der Waals surface area contributed by atoms with Crippen LogP contribution in [0.25, 0.3) is 0 Å². The molecule has 136 valence electrons. The number of esters is 1. The van der Waals surface area contributed by atoms with Gasteiger partial charge in [-0.2, -0.15) is 0 Å². The molecule has 0 amide bonds. The van der Waals surface area contributed by atoms with Crippen molar-refractivity contribution in [3.8, 4) is 0 Å². The minimum atomic E-state index is -0.236. The van der Waals surface area contributed by atoms with Gasteiger partial charge in [0.25, 0.3) is 0 Å². The molecule has 1 rings (SSSR count). The largest absolute Gasteiger partial charge is 0.456 e. The second-order valence-corrected chi connectivity index (χ2v) is 6.45. The zero-order chi connectivity index (χ0) is 17.8. The monoisotopic (exact) mass is 336 g/mol. The fourth-order valence-corrected chi connectivity index (χ4v) is 3.10. The van der Waals surface area contributed by atoms with Crippen molar-refractivity contribution in [3.05, 3.63) is 35.4 Å². The number of likely N-dealkylation sites (N-methyl/N-ethyl adjacent to an activating group) is 1. The van der Waals surface area contributed by atoms with Gasteiger partial charge in [-0.1, -0.05) is 32.4 Å². The molecule has 0 saturated carbocycles. The van der Waals surface area contributed by atoms with Crippen LogP contribution < -0.4 is 0 Å². The van der Waals surface area contributed by atoms with Crippen molar-refractivity contribution in [1.29, 1.82) is 0 Å². The summed E-state index contributed by atoms with van der Waals surface area (Å²) in [5, 5.41) is 0. The Bertz CT molecular complexity index is 472. The number of hydrogen-bond donors (Lipinski definition) is 0. The molecular weight excluding hydrogens is 302 g/mol. The van der Waals surface area contributed by atoms with E-state index in [-0.39, 0.29) is 5.97 Å². The number of benzene rings is 1. The van der Waals surface area contributed by atoms with Gasteiger partial charge in [0.1, 0.15) is 13.2 Å². The van der Waals surface area contributed by atoms with E-state index in [2.05, 4.69) is 20.8 Å². The minimum Gasteiger partial charge on any atom is -0.456 e. The maximum Gasteiger partial charge on any atom is 0.338 e. The lowest BCUT2D eigenvalue weighted by atomic mass is 10.1. The summed E-state index contributed by atoms with van der Waals surface area (Å²) in [7, 11) is 1.66.